The van der Waals surface area contributed by atoms with E-state index in [1.165, 1.54) is 11.0 Å². The van der Waals surface area contributed by atoms with Crippen molar-refractivity contribution < 1.29 is 23.5 Å². The molecule has 2 fully saturated rings. The van der Waals surface area contributed by atoms with Gasteiger partial charge in [-0.05, 0) is 37.7 Å². The largest absolute Gasteiger partial charge is 0.396 e. The number of carbonyl (C=O) groups excluding carboxylic acids is 2. The van der Waals surface area contributed by atoms with Crippen molar-refractivity contribution in [1.82, 2.24) is 25.3 Å². The normalized spacial score (nSPS) is 26.0. The van der Waals surface area contributed by atoms with Crippen molar-refractivity contribution in [2.45, 2.75) is 31.5 Å². The zero-order valence-corrected chi connectivity index (χ0v) is 15.2. The third-order valence-corrected chi connectivity index (χ3v) is 4.94. The summed E-state index contributed by atoms with van der Waals surface area (Å²) in [5.74, 6) is -2.42. The Hall–Kier alpha value is -2.14. The molecule has 0 bridgehead atoms. The zero-order chi connectivity index (χ0) is 19.7. The average Bonchev–Trinajstić information content (AvgIpc) is 2.97. The Balaban J connectivity index is 1.78. The van der Waals surface area contributed by atoms with Gasteiger partial charge in [0.1, 0.15) is 18.5 Å². The number of fused-ring (bicyclic) bond motifs is 1. The predicted molar refractivity (Wildman–Crippen MR) is 92.0 cm³/mol. The Labute approximate surface area is 155 Å². The van der Waals surface area contributed by atoms with Crippen LogP contribution in [0.1, 0.15) is 12.0 Å². The van der Waals surface area contributed by atoms with Gasteiger partial charge in [-0.1, -0.05) is 6.07 Å². The number of nitrogens with zero attached hydrogens (tertiary/aromatic N) is 3. The molecule has 10 heteroatoms. The van der Waals surface area contributed by atoms with Gasteiger partial charge in [0.05, 0.1) is 6.54 Å². The Bertz CT molecular complexity index is 735. The third-order valence-electron chi connectivity index (χ3n) is 4.94. The lowest BCUT2D eigenvalue weighted by atomic mass is 10.1. The van der Waals surface area contributed by atoms with E-state index in [9.17, 15) is 18.4 Å². The van der Waals surface area contributed by atoms with Crippen molar-refractivity contribution in [3.05, 3.63) is 35.4 Å². The quantitative estimate of drug-likeness (QED) is 0.592. The number of aliphatic hydroxyl groups excluding tert-OH is 1. The Morgan fingerprint density at radius 1 is 1.22 bits per heavy atom. The zero-order valence-electron chi connectivity index (χ0n) is 15.2. The minimum Gasteiger partial charge on any atom is -0.396 e. The molecule has 3 unspecified atom stereocenters. The summed E-state index contributed by atoms with van der Waals surface area (Å²) >= 11 is 0. The van der Waals surface area contributed by atoms with Crippen molar-refractivity contribution in [1.29, 1.82) is 0 Å². The minimum absolute atomic E-state index is 0.0512. The smallest absolute Gasteiger partial charge is 0.328 e. The highest BCUT2D eigenvalue weighted by Gasteiger charge is 2.52. The SMILES string of the molecule is CN1C(=O)N(Cc2ccc(F)c(F)c2)C(=O)C2C1NC(NCCCO)N2C. The van der Waals surface area contributed by atoms with Crippen molar-refractivity contribution >= 4 is 11.9 Å². The molecule has 1 aromatic rings. The molecule has 3 amide bonds. The van der Waals surface area contributed by atoms with Crippen LogP contribution in [0.3, 0.4) is 0 Å². The fourth-order valence-corrected chi connectivity index (χ4v) is 3.44. The molecule has 0 spiro atoms. The van der Waals surface area contributed by atoms with E-state index in [4.69, 9.17) is 5.11 Å². The molecule has 1 aromatic carbocycles. The van der Waals surface area contributed by atoms with E-state index in [-0.39, 0.29) is 19.4 Å². The number of rotatable bonds is 6. The standard InChI is InChI=1S/C17H23F2N5O3/c1-22-13-14(21-16(22)20-6-3-7-25)23(2)17(27)24(15(13)26)9-10-4-5-11(18)12(19)8-10/h4-5,8,13-14,16,20-21,25H,3,6-7,9H2,1-2H3. The van der Waals surface area contributed by atoms with Crippen LogP contribution in [0.15, 0.2) is 18.2 Å². The van der Waals surface area contributed by atoms with Crippen LogP contribution in [0.4, 0.5) is 13.6 Å². The molecule has 2 saturated heterocycles. The van der Waals surface area contributed by atoms with Gasteiger partial charge in [0.2, 0.25) is 0 Å². The Kier molecular flexibility index (Phi) is 5.70. The molecule has 27 heavy (non-hydrogen) atoms. The number of hydrogen-bond acceptors (Lipinski definition) is 6. The summed E-state index contributed by atoms with van der Waals surface area (Å²) in [6.07, 6.45) is -0.288. The fourth-order valence-electron chi connectivity index (χ4n) is 3.44. The lowest BCUT2D eigenvalue weighted by Gasteiger charge is -2.40. The van der Waals surface area contributed by atoms with Gasteiger partial charge in [-0.15, -0.1) is 0 Å². The maximum Gasteiger partial charge on any atom is 0.328 e. The summed E-state index contributed by atoms with van der Waals surface area (Å²) in [5, 5.41) is 15.3. The molecule has 0 aliphatic carbocycles. The molecule has 0 radical (unpaired) electrons. The van der Waals surface area contributed by atoms with Crippen LogP contribution in [0.2, 0.25) is 0 Å². The monoisotopic (exact) mass is 383 g/mol. The van der Waals surface area contributed by atoms with Crippen molar-refractivity contribution in [3.63, 3.8) is 0 Å². The van der Waals surface area contributed by atoms with E-state index in [0.717, 1.165) is 17.0 Å². The van der Waals surface area contributed by atoms with E-state index in [1.807, 2.05) is 0 Å². The molecule has 148 valence electrons. The number of amides is 3. The van der Waals surface area contributed by atoms with E-state index < -0.39 is 35.8 Å². The molecule has 8 nitrogen and oxygen atoms in total. The third kappa shape index (κ3) is 3.65. The molecule has 3 N–H and O–H groups in total. The average molecular weight is 383 g/mol. The first-order chi connectivity index (χ1) is 12.8. The van der Waals surface area contributed by atoms with Crippen LogP contribution in [0.5, 0.6) is 0 Å². The first-order valence-corrected chi connectivity index (χ1v) is 8.69. The van der Waals surface area contributed by atoms with Gasteiger partial charge in [0.15, 0.2) is 11.6 Å². The summed E-state index contributed by atoms with van der Waals surface area (Å²) in [4.78, 5) is 29.9. The number of nitrogens with one attached hydrogen (secondary N) is 2. The predicted octanol–water partition coefficient (Wildman–Crippen LogP) is -0.156. The molecule has 0 aromatic heterocycles. The van der Waals surface area contributed by atoms with Crippen LogP contribution in [-0.2, 0) is 11.3 Å². The number of benzene rings is 1. The second kappa shape index (κ2) is 7.85. The lowest BCUT2D eigenvalue weighted by Crippen LogP contribution is -2.65. The van der Waals surface area contributed by atoms with E-state index in [1.54, 1.807) is 19.0 Å². The number of carbonyl (C=O) groups is 2. The molecule has 2 heterocycles. The summed E-state index contributed by atoms with van der Waals surface area (Å²) < 4.78 is 26.6. The summed E-state index contributed by atoms with van der Waals surface area (Å²) in [6, 6.07) is 2.17. The summed E-state index contributed by atoms with van der Waals surface area (Å²) in [7, 11) is 3.34. The molecule has 2 aliphatic rings. The van der Waals surface area contributed by atoms with Crippen LogP contribution in [0.25, 0.3) is 0 Å². The van der Waals surface area contributed by atoms with Gasteiger partial charge in [0.25, 0.3) is 5.91 Å². The van der Waals surface area contributed by atoms with Crippen LogP contribution in [-0.4, -0.2) is 77.5 Å². The second-order valence-corrected chi connectivity index (χ2v) is 6.72. The van der Waals surface area contributed by atoms with Crippen LogP contribution in [0, 0.1) is 11.6 Å². The van der Waals surface area contributed by atoms with Gasteiger partial charge in [-0.2, -0.15) is 0 Å². The second-order valence-electron chi connectivity index (χ2n) is 6.72. The van der Waals surface area contributed by atoms with E-state index in [2.05, 4.69) is 10.6 Å². The minimum atomic E-state index is -1.02. The summed E-state index contributed by atoms with van der Waals surface area (Å²) in [5.41, 5.74) is 0.327. The Morgan fingerprint density at radius 3 is 2.63 bits per heavy atom. The molecular formula is C17H23F2N5O3. The maximum absolute atomic E-state index is 13.5. The van der Waals surface area contributed by atoms with Crippen molar-refractivity contribution in [2.75, 3.05) is 27.2 Å². The molecule has 0 saturated carbocycles. The topological polar surface area (TPSA) is 88.2 Å². The highest BCUT2D eigenvalue weighted by molar-refractivity contribution is 6.00. The highest BCUT2D eigenvalue weighted by Crippen LogP contribution is 2.26. The van der Waals surface area contributed by atoms with Gasteiger partial charge in [0, 0.05) is 13.7 Å². The summed E-state index contributed by atoms with van der Waals surface area (Å²) in [6.45, 7) is 0.455. The number of urea groups is 1. The first kappa shape index (κ1) is 19.6. The fraction of sp³-hybridized carbons (Fsp3) is 0.529. The van der Waals surface area contributed by atoms with Crippen LogP contribution < -0.4 is 10.6 Å². The highest BCUT2D eigenvalue weighted by atomic mass is 19.2. The number of imide groups is 1. The lowest BCUT2D eigenvalue weighted by molar-refractivity contribution is -0.138. The maximum atomic E-state index is 13.5. The van der Waals surface area contributed by atoms with Crippen molar-refractivity contribution in [3.8, 4) is 0 Å². The van der Waals surface area contributed by atoms with Crippen molar-refractivity contribution in [2.24, 2.45) is 0 Å². The Morgan fingerprint density at radius 2 is 1.96 bits per heavy atom. The van der Waals surface area contributed by atoms with Gasteiger partial charge in [-0.25, -0.2) is 13.6 Å². The molecule has 3 atom stereocenters. The van der Waals surface area contributed by atoms with E-state index >= 15 is 0 Å². The molecule has 3 rings (SSSR count). The first-order valence-electron chi connectivity index (χ1n) is 8.69. The number of aliphatic hydroxyl groups is 1. The van der Waals surface area contributed by atoms with Gasteiger partial charge >= 0.3 is 6.03 Å². The van der Waals surface area contributed by atoms with Crippen LogP contribution >= 0.6 is 0 Å². The molecule has 2 aliphatic heterocycles. The van der Waals surface area contributed by atoms with Gasteiger partial charge < -0.3 is 10.0 Å². The van der Waals surface area contributed by atoms with E-state index in [0.29, 0.717) is 18.5 Å². The molecular weight excluding hydrogens is 360 g/mol. The number of hydrogen-bond donors (Lipinski definition) is 3. The number of halogens is 2. The van der Waals surface area contributed by atoms with Gasteiger partial charge in [-0.3, -0.25) is 25.2 Å². The number of likely N-dealkylation sites (N-methyl/N-ethyl adjacent to an activating group) is 2.